The molecule has 9 nitrogen and oxygen atoms in total. The van der Waals surface area contributed by atoms with Gasteiger partial charge in [0.05, 0.1) is 25.4 Å². The summed E-state index contributed by atoms with van der Waals surface area (Å²) in [7, 11) is 0. The lowest BCUT2D eigenvalue weighted by molar-refractivity contribution is -0.302. The normalized spacial score (nSPS) is 22.5. The highest BCUT2D eigenvalue weighted by atomic mass is 16.7. The van der Waals surface area contributed by atoms with Crippen LogP contribution in [0.15, 0.2) is 60.8 Å². The highest BCUT2D eigenvalue weighted by Crippen LogP contribution is 2.23. The highest BCUT2D eigenvalue weighted by Gasteiger charge is 2.44. The van der Waals surface area contributed by atoms with Crippen molar-refractivity contribution in [1.29, 1.82) is 0 Å². The predicted molar refractivity (Wildman–Crippen MR) is 212 cm³/mol. The SMILES string of the molecule is CC/C=C\C/C=C\C/C=C\C/C=C\C/C=C\CCCC(=O)NC(COC1OC(CO)C(O)C(O)C1O)C(O)CCCCCCCCCCCCCC. The first kappa shape index (κ1) is 47.9. The Hall–Kier alpha value is -2.11. The maximum absolute atomic E-state index is 12.9. The first-order valence-electron chi connectivity index (χ1n) is 20.5. The molecule has 52 heavy (non-hydrogen) atoms. The molecular weight excluding hydrogens is 658 g/mol. The van der Waals surface area contributed by atoms with Crippen molar-refractivity contribution in [1.82, 2.24) is 5.32 Å². The molecular formula is C43H75NO8. The summed E-state index contributed by atoms with van der Waals surface area (Å²) in [5.41, 5.74) is 0. The van der Waals surface area contributed by atoms with Crippen LogP contribution >= 0.6 is 0 Å². The van der Waals surface area contributed by atoms with Gasteiger partial charge in [-0.3, -0.25) is 4.79 Å². The van der Waals surface area contributed by atoms with Crippen molar-refractivity contribution in [3.05, 3.63) is 60.8 Å². The summed E-state index contributed by atoms with van der Waals surface area (Å²) in [6.45, 7) is 3.65. The van der Waals surface area contributed by atoms with Gasteiger partial charge >= 0.3 is 0 Å². The Morgan fingerprint density at radius 1 is 0.673 bits per heavy atom. The zero-order valence-corrected chi connectivity index (χ0v) is 32.5. The average molecular weight is 734 g/mol. The number of hydrogen-bond donors (Lipinski definition) is 6. The Labute approximate surface area is 316 Å². The minimum Gasteiger partial charge on any atom is -0.394 e. The number of nitrogens with one attached hydrogen (secondary N) is 1. The van der Waals surface area contributed by atoms with Gasteiger partial charge in [-0.2, -0.15) is 0 Å². The Bertz CT molecular complexity index is 994. The fourth-order valence-electron chi connectivity index (χ4n) is 6.08. The van der Waals surface area contributed by atoms with Gasteiger partial charge in [-0.25, -0.2) is 0 Å². The molecule has 0 aromatic heterocycles. The van der Waals surface area contributed by atoms with Crippen molar-refractivity contribution >= 4 is 5.91 Å². The quantitative estimate of drug-likeness (QED) is 0.0305. The second-order valence-corrected chi connectivity index (χ2v) is 14.1. The third kappa shape index (κ3) is 24.3. The molecule has 1 amide bonds. The largest absolute Gasteiger partial charge is 0.394 e. The van der Waals surface area contributed by atoms with Gasteiger partial charge in [0, 0.05) is 6.42 Å². The first-order chi connectivity index (χ1) is 25.3. The van der Waals surface area contributed by atoms with Crippen molar-refractivity contribution < 1.29 is 39.8 Å². The summed E-state index contributed by atoms with van der Waals surface area (Å²) >= 11 is 0. The maximum atomic E-state index is 12.9. The molecule has 6 N–H and O–H groups in total. The van der Waals surface area contributed by atoms with E-state index in [1.165, 1.54) is 57.8 Å². The molecule has 0 aromatic carbocycles. The van der Waals surface area contributed by atoms with Crippen LogP contribution in [0.4, 0.5) is 0 Å². The van der Waals surface area contributed by atoms with Crippen LogP contribution < -0.4 is 5.32 Å². The fraction of sp³-hybridized carbons (Fsp3) is 0.744. The van der Waals surface area contributed by atoms with Gasteiger partial charge in [-0.15, -0.1) is 0 Å². The van der Waals surface area contributed by atoms with Crippen LogP contribution in [-0.4, -0.2) is 87.5 Å². The summed E-state index contributed by atoms with van der Waals surface area (Å²) in [6.07, 6.45) is 35.1. The van der Waals surface area contributed by atoms with Crippen molar-refractivity contribution in [2.45, 2.75) is 192 Å². The van der Waals surface area contributed by atoms with E-state index in [4.69, 9.17) is 9.47 Å². The first-order valence-corrected chi connectivity index (χ1v) is 20.5. The molecule has 1 aliphatic rings. The third-order valence-electron chi connectivity index (χ3n) is 9.39. The molecule has 7 unspecified atom stereocenters. The van der Waals surface area contributed by atoms with Gasteiger partial charge in [0.1, 0.15) is 24.4 Å². The lowest BCUT2D eigenvalue weighted by Crippen LogP contribution is -2.60. The second-order valence-electron chi connectivity index (χ2n) is 14.1. The second kappa shape index (κ2) is 33.5. The van der Waals surface area contributed by atoms with Crippen LogP contribution in [0.3, 0.4) is 0 Å². The van der Waals surface area contributed by atoms with E-state index in [-0.39, 0.29) is 18.9 Å². The van der Waals surface area contributed by atoms with Gasteiger partial charge < -0.3 is 40.3 Å². The number of carbonyl (C=O) groups excluding carboxylic acids is 1. The van der Waals surface area contributed by atoms with Gasteiger partial charge in [-0.1, -0.05) is 152 Å². The minimum atomic E-state index is -1.56. The number of carbonyl (C=O) groups is 1. The number of aliphatic hydroxyl groups is 5. The van der Waals surface area contributed by atoms with Crippen LogP contribution in [-0.2, 0) is 14.3 Å². The summed E-state index contributed by atoms with van der Waals surface area (Å²) in [6, 6.07) is -0.749. The molecule has 0 radical (unpaired) electrons. The Morgan fingerprint density at radius 2 is 1.17 bits per heavy atom. The zero-order valence-electron chi connectivity index (χ0n) is 32.5. The van der Waals surface area contributed by atoms with Crippen LogP contribution in [0.2, 0.25) is 0 Å². The van der Waals surface area contributed by atoms with Crippen molar-refractivity contribution in [3.8, 4) is 0 Å². The minimum absolute atomic E-state index is 0.164. The molecule has 1 aliphatic heterocycles. The smallest absolute Gasteiger partial charge is 0.220 e. The number of amides is 1. The van der Waals surface area contributed by atoms with Gasteiger partial charge in [0.25, 0.3) is 0 Å². The van der Waals surface area contributed by atoms with E-state index >= 15 is 0 Å². The number of allylic oxidation sites excluding steroid dienone is 10. The average Bonchev–Trinajstić information content (AvgIpc) is 3.14. The highest BCUT2D eigenvalue weighted by molar-refractivity contribution is 5.76. The van der Waals surface area contributed by atoms with Crippen molar-refractivity contribution in [2.24, 2.45) is 0 Å². The van der Waals surface area contributed by atoms with Crippen LogP contribution in [0.25, 0.3) is 0 Å². The lowest BCUT2D eigenvalue weighted by atomic mass is 9.99. The maximum Gasteiger partial charge on any atom is 0.220 e. The van der Waals surface area contributed by atoms with Crippen LogP contribution in [0, 0.1) is 0 Å². The van der Waals surface area contributed by atoms with E-state index in [1.807, 2.05) is 0 Å². The summed E-state index contributed by atoms with van der Waals surface area (Å²) in [5.74, 6) is -0.205. The molecule has 9 heteroatoms. The van der Waals surface area contributed by atoms with Crippen LogP contribution in [0.1, 0.15) is 149 Å². The molecule has 1 saturated heterocycles. The van der Waals surface area contributed by atoms with Crippen molar-refractivity contribution in [2.75, 3.05) is 13.2 Å². The molecule has 0 aromatic rings. The van der Waals surface area contributed by atoms with E-state index in [2.05, 4.69) is 79.9 Å². The lowest BCUT2D eigenvalue weighted by Gasteiger charge is -2.40. The Kier molecular flexibility index (Phi) is 30.8. The van der Waals surface area contributed by atoms with E-state index in [0.717, 1.165) is 57.8 Å². The van der Waals surface area contributed by atoms with Gasteiger partial charge in [-0.05, 0) is 51.4 Å². The number of ether oxygens (including phenoxy) is 2. The van der Waals surface area contributed by atoms with E-state index in [9.17, 15) is 30.3 Å². The number of rotatable bonds is 32. The molecule has 1 heterocycles. The molecule has 1 fully saturated rings. The standard InChI is InChI=1S/C43H75NO8/c1-3-5-7-9-11-13-15-17-18-19-20-21-23-25-27-29-31-33-39(47)44-36(35-51-43-42(50)41(49)40(48)38(34-45)52-43)37(46)32-30-28-26-24-22-16-14-12-10-8-6-4-2/h5,7,11,13,17-18,20-21,25,27,36-38,40-43,45-46,48-50H,3-4,6,8-10,12,14-16,19,22-24,26,28-35H2,1-2H3,(H,44,47)/b7-5-,13-11-,18-17-,21-20-,27-25-. The molecule has 1 rings (SSSR count). The summed E-state index contributed by atoms with van der Waals surface area (Å²) in [5, 5.41) is 54.1. The van der Waals surface area contributed by atoms with E-state index in [0.29, 0.717) is 12.8 Å². The summed E-state index contributed by atoms with van der Waals surface area (Å²) < 4.78 is 11.2. The summed E-state index contributed by atoms with van der Waals surface area (Å²) in [4.78, 5) is 12.9. The fourth-order valence-corrected chi connectivity index (χ4v) is 6.08. The zero-order chi connectivity index (χ0) is 38.1. The molecule has 300 valence electrons. The number of unbranched alkanes of at least 4 members (excludes halogenated alkanes) is 12. The topological polar surface area (TPSA) is 149 Å². The van der Waals surface area contributed by atoms with E-state index in [1.54, 1.807) is 0 Å². The van der Waals surface area contributed by atoms with Gasteiger partial charge in [0.15, 0.2) is 6.29 Å². The van der Waals surface area contributed by atoms with Gasteiger partial charge in [0.2, 0.25) is 5.91 Å². The van der Waals surface area contributed by atoms with E-state index < -0.39 is 49.5 Å². The molecule has 0 saturated carbocycles. The third-order valence-corrected chi connectivity index (χ3v) is 9.39. The number of aliphatic hydroxyl groups excluding tert-OH is 5. The Morgan fingerprint density at radius 3 is 1.69 bits per heavy atom. The molecule has 0 aliphatic carbocycles. The van der Waals surface area contributed by atoms with Crippen molar-refractivity contribution in [3.63, 3.8) is 0 Å². The Balaban J connectivity index is 2.45. The van der Waals surface area contributed by atoms with Crippen LogP contribution in [0.5, 0.6) is 0 Å². The predicted octanol–water partition coefficient (Wildman–Crippen LogP) is 7.66. The molecule has 0 spiro atoms. The molecule has 0 bridgehead atoms. The number of hydrogen-bond acceptors (Lipinski definition) is 8. The molecule has 7 atom stereocenters. The monoisotopic (exact) mass is 734 g/mol.